The number of cyclic esters (lactones) is 1. The van der Waals surface area contributed by atoms with E-state index in [1.807, 2.05) is 24.3 Å². The Kier molecular flexibility index (Phi) is 7.57. The van der Waals surface area contributed by atoms with E-state index in [9.17, 15) is 18.8 Å². The van der Waals surface area contributed by atoms with Crippen molar-refractivity contribution >= 4 is 23.6 Å². The monoisotopic (exact) mass is 494 g/mol. The molecule has 2 aromatic carbocycles. The summed E-state index contributed by atoms with van der Waals surface area (Å²) < 4.78 is 21.9. The quantitative estimate of drug-likeness (QED) is 0.472. The molecule has 2 N–H and O–H groups in total. The number of ether oxygens (including phenoxy) is 1. The summed E-state index contributed by atoms with van der Waals surface area (Å²) in [6, 6.07) is 12.0. The maximum Gasteiger partial charge on any atom is 0.414 e. The van der Waals surface area contributed by atoms with E-state index in [4.69, 9.17) is 4.74 Å². The number of anilines is 1. The van der Waals surface area contributed by atoms with E-state index in [1.54, 1.807) is 29.9 Å². The second-order valence-electron chi connectivity index (χ2n) is 8.45. The summed E-state index contributed by atoms with van der Waals surface area (Å²) in [6.45, 7) is 4.40. The maximum absolute atomic E-state index is 15.0. The number of hydrogen-bond donors (Lipinski definition) is 2. The van der Waals surface area contributed by atoms with Gasteiger partial charge in [0.05, 0.1) is 38.1 Å². The third-order valence-electron chi connectivity index (χ3n) is 5.70. The molecule has 1 fully saturated rings. The van der Waals surface area contributed by atoms with E-state index in [2.05, 4.69) is 20.9 Å². The normalized spacial score (nSPS) is 15.0. The van der Waals surface area contributed by atoms with Gasteiger partial charge in [0.25, 0.3) is 0 Å². The molecule has 0 saturated carbocycles. The summed E-state index contributed by atoms with van der Waals surface area (Å²) in [5.41, 5.74) is 3.10. The van der Waals surface area contributed by atoms with Gasteiger partial charge in [-0.1, -0.05) is 36.4 Å². The minimum Gasteiger partial charge on any atom is -0.442 e. The van der Waals surface area contributed by atoms with Crippen LogP contribution in [0.2, 0.25) is 0 Å². The molecule has 1 aliphatic rings. The lowest BCUT2D eigenvalue weighted by Gasteiger charge is -2.14. The molecule has 0 bridgehead atoms. The molecular weight excluding hydrogens is 467 g/mol. The van der Waals surface area contributed by atoms with E-state index in [1.165, 1.54) is 17.9 Å². The van der Waals surface area contributed by atoms with Crippen molar-refractivity contribution in [3.63, 3.8) is 0 Å². The topological polar surface area (TPSA) is 118 Å². The fraction of sp³-hybridized carbons (Fsp3) is 0.320. The van der Waals surface area contributed by atoms with Gasteiger partial charge < -0.3 is 15.4 Å². The standard InChI is InChI=1S/C25H27FN6O4/c1-3-24(34)28-11-19-14-31(30-29-19)13-17-4-6-18(7-5-17)22-9-8-20(10-23(22)26)32-15-21(36-25(32)35)12-27-16(2)33/h4-10,14,21H,3,11-13,15H2,1-2H3,(H,27,33)(H,28,34)/t21-/m0/s1. The number of benzene rings is 2. The van der Waals surface area contributed by atoms with E-state index in [0.29, 0.717) is 42.0 Å². The first-order valence-electron chi connectivity index (χ1n) is 11.6. The summed E-state index contributed by atoms with van der Waals surface area (Å²) in [5, 5.41) is 13.5. The Morgan fingerprint density at radius 2 is 1.94 bits per heavy atom. The summed E-state index contributed by atoms with van der Waals surface area (Å²) in [4.78, 5) is 36.0. The minimum absolute atomic E-state index is 0.0491. The second kappa shape index (κ2) is 11.0. The molecule has 1 atom stereocenters. The zero-order valence-electron chi connectivity index (χ0n) is 20.0. The minimum atomic E-state index is -0.578. The molecule has 3 aromatic rings. The molecule has 0 spiro atoms. The number of carbonyl (C=O) groups excluding carboxylic acids is 3. The highest BCUT2D eigenvalue weighted by Gasteiger charge is 2.32. The van der Waals surface area contributed by atoms with Crippen molar-refractivity contribution in [2.75, 3.05) is 18.0 Å². The highest BCUT2D eigenvalue weighted by atomic mass is 19.1. The Bertz CT molecular complexity index is 1260. The van der Waals surface area contributed by atoms with Crippen molar-refractivity contribution in [3.8, 4) is 11.1 Å². The lowest BCUT2D eigenvalue weighted by atomic mass is 10.0. The van der Waals surface area contributed by atoms with Crippen molar-refractivity contribution in [3.05, 3.63) is 65.7 Å². The smallest absolute Gasteiger partial charge is 0.414 e. The number of nitrogens with one attached hydrogen (secondary N) is 2. The van der Waals surface area contributed by atoms with Gasteiger partial charge in [0.2, 0.25) is 11.8 Å². The van der Waals surface area contributed by atoms with Crippen LogP contribution in [0.15, 0.2) is 48.7 Å². The third kappa shape index (κ3) is 6.04. The number of hydrogen-bond acceptors (Lipinski definition) is 6. The SMILES string of the molecule is CCC(=O)NCc1cn(Cc2ccc(-c3ccc(N4C[C@H](CNC(C)=O)OC4=O)cc3F)cc2)nn1. The maximum atomic E-state index is 15.0. The lowest BCUT2D eigenvalue weighted by molar-refractivity contribution is -0.121. The van der Waals surface area contributed by atoms with Crippen LogP contribution in [0.1, 0.15) is 31.5 Å². The Morgan fingerprint density at radius 3 is 2.64 bits per heavy atom. The van der Waals surface area contributed by atoms with Crippen LogP contribution >= 0.6 is 0 Å². The van der Waals surface area contributed by atoms with Crippen LogP contribution in [0.25, 0.3) is 11.1 Å². The second-order valence-corrected chi connectivity index (χ2v) is 8.45. The average molecular weight is 495 g/mol. The molecule has 4 rings (SSSR count). The molecule has 188 valence electrons. The molecule has 0 unspecified atom stereocenters. The zero-order valence-corrected chi connectivity index (χ0v) is 20.0. The molecule has 2 heterocycles. The first kappa shape index (κ1) is 24.8. The van der Waals surface area contributed by atoms with Crippen molar-refractivity contribution in [2.24, 2.45) is 0 Å². The number of rotatable bonds is 9. The molecule has 0 radical (unpaired) electrons. The van der Waals surface area contributed by atoms with Gasteiger partial charge >= 0.3 is 6.09 Å². The number of carbonyl (C=O) groups is 3. The molecule has 0 aliphatic carbocycles. The predicted molar refractivity (Wildman–Crippen MR) is 129 cm³/mol. The fourth-order valence-corrected chi connectivity index (χ4v) is 3.79. The van der Waals surface area contributed by atoms with Crippen molar-refractivity contribution < 1.29 is 23.5 Å². The van der Waals surface area contributed by atoms with Gasteiger partial charge in [0, 0.05) is 18.9 Å². The summed E-state index contributed by atoms with van der Waals surface area (Å²) >= 11 is 0. The van der Waals surface area contributed by atoms with Gasteiger partial charge in [-0.3, -0.25) is 14.5 Å². The van der Waals surface area contributed by atoms with E-state index in [-0.39, 0.29) is 24.9 Å². The van der Waals surface area contributed by atoms with Gasteiger partial charge in [-0.05, 0) is 29.3 Å². The number of nitrogens with zero attached hydrogens (tertiary/aromatic N) is 4. The third-order valence-corrected chi connectivity index (χ3v) is 5.70. The van der Waals surface area contributed by atoms with Crippen LogP contribution in [0.5, 0.6) is 0 Å². The summed E-state index contributed by atoms with van der Waals surface area (Å²) in [5.74, 6) is -0.727. The molecule has 10 nitrogen and oxygen atoms in total. The highest BCUT2D eigenvalue weighted by Crippen LogP contribution is 2.29. The number of halogens is 1. The molecule has 3 amide bonds. The Labute approximate surface area is 207 Å². The Balaban J connectivity index is 1.39. The fourth-order valence-electron chi connectivity index (χ4n) is 3.79. The van der Waals surface area contributed by atoms with Crippen LogP contribution in [0.3, 0.4) is 0 Å². The van der Waals surface area contributed by atoms with Gasteiger partial charge in [-0.2, -0.15) is 0 Å². The van der Waals surface area contributed by atoms with Crippen molar-refractivity contribution in [2.45, 2.75) is 39.5 Å². The molecule has 1 aromatic heterocycles. The average Bonchev–Trinajstić information content (AvgIpc) is 3.47. The number of amides is 3. The predicted octanol–water partition coefficient (Wildman–Crippen LogP) is 2.62. The van der Waals surface area contributed by atoms with Crippen LogP contribution < -0.4 is 15.5 Å². The van der Waals surface area contributed by atoms with Crippen LogP contribution in [-0.4, -0.2) is 52.1 Å². The molecular formula is C25H27FN6O4. The van der Waals surface area contributed by atoms with Gasteiger partial charge in [0.1, 0.15) is 17.6 Å². The summed E-state index contributed by atoms with van der Waals surface area (Å²) in [6.07, 6.45) is 1.11. The van der Waals surface area contributed by atoms with Gasteiger partial charge in [0.15, 0.2) is 0 Å². The first-order chi connectivity index (χ1) is 17.3. The van der Waals surface area contributed by atoms with Crippen molar-refractivity contribution in [1.82, 2.24) is 25.6 Å². The summed E-state index contributed by atoms with van der Waals surface area (Å²) in [7, 11) is 0. The number of aromatic nitrogens is 3. The molecule has 1 aliphatic heterocycles. The van der Waals surface area contributed by atoms with Crippen molar-refractivity contribution in [1.29, 1.82) is 0 Å². The largest absolute Gasteiger partial charge is 0.442 e. The van der Waals surface area contributed by atoms with Gasteiger partial charge in [-0.15, -0.1) is 5.10 Å². The lowest BCUT2D eigenvalue weighted by Crippen LogP contribution is -2.33. The van der Waals surface area contributed by atoms with Crippen LogP contribution in [0.4, 0.5) is 14.9 Å². The van der Waals surface area contributed by atoms with E-state index >= 15 is 0 Å². The highest BCUT2D eigenvalue weighted by molar-refractivity contribution is 5.90. The molecule has 1 saturated heterocycles. The molecule has 36 heavy (non-hydrogen) atoms. The van der Waals surface area contributed by atoms with Crippen LogP contribution in [0, 0.1) is 5.82 Å². The van der Waals surface area contributed by atoms with Crippen LogP contribution in [-0.2, 0) is 27.4 Å². The Hall–Kier alpha value is -4.28. The zero-order chi connectivity index (χ0) is 25.7. The Morgan fingerprint density at radius 1 is 1.17 bits per heavy atom. The molecule has 11 heteroatoms. The van der Waals surface area contributed by atoms with Gasteiger partial charge in [-0.25, -0.2) is 13.9 Å². The first-order valence-corrected chi connectivity index (χ1v) is 11.6. The van der Waals surface area contributed by atoms with E-state index in [0.717, 1.165) is 5.56 Å². The van der Waals surface area contributed by atoms with E-state index < -0.39 is 18.0 Å².